The largest absolute Gasteiger partial charge is 0.507 e. The van der Waals surface area contributed by atoms with E-state index in [-0.39, 0.29) is 27.3 Å². The van der Waals surface area contributed by atoms with Gasteiger partial charge in [0.2, 0.25) is 0 Å². The summed E-state index contributed by atoms with van der Waals surface area (Å²) in [6.45, 7) is 8.33. The van der Waals surface area contributed by atoms with Crippen LogP contribution in [0.5, 0.6) is 5.75 Å². The van der Waals surface area contributed by atoms with Gasteiger partial charge in [0, 0.05) is 48.7 Å². The first-order chi connectivity index (χ1) is 16.8. The highest BCUT2D eigenvalue weighted by Crippen LogP contribution is 2.48. The maximum absolute atomic E-state index is 15.3. The SMILES string of the molecule is C=N/C=C\C(=C/C)C(c1c(O)c2c(F)c(Cl)ccc2c2occ(C(=O)OC)c12)N1CCN(C)CC1. The Labute approximate surface area is 207 Å². The first-order valence-electron chi connectivity index (χ1n) is 11.2. The van der Waals surface area contributed by atoms with E-state index in [1.54, 1.807) is 18.3 Å². The molecule has 0 aliphatic carbocycles. The molecule has 0 spiro atoms. The first-order valence-corrected chi connectivity index (χ1v) is 11.5. The van der Waals surface area contributed by atoms with Crippen LogP contribution in [0.2, 0.25) is 5.02 Å². The number of benzene rings is 2. The van der Waals surface area contributed by atoms with Gasteiger partial charge in [0.1, 0.15) is 23.2 Å². The number of carbonyl (C=O) groups is 1. The number of phenols is 1. The molecule has 0 bridgehead atoms. The Morgan fingerprint density at radius 3 is 2.66 bits per heavy atom. The Bertz CT molecular complexity index is 1360. The molecule has 1 atom stereocenters. The highest BCUT2D eigenvalue weighted by molar-refractivity contribution is 6.32. The molecule has 184 valence electrons. The van der Waals surface area contributed by atoms with Crippen LogP contribution < -0.4 is 0 Å². The molecule has 2 heterocycles. The van der Waals surface area contributed by atoms with Crippen LogP contribution in [-0.2, 0) is 4.74 Å². The summed E-state index contributed by atoms with van der Waals surface area (Å²) in [6.07, 6.45) is 6.52. The number of piperazine rings is 1. The second-order valence-corrected chi connectivity index (χ2v) is 8.83. The van der Waals surface area contributed by atoms with Crippen molar-refractivity contribution in [1.29, 1.82) is 0 Å². The molecule has 35 heavy (non-hydrogen) atoms. The van der Waals surface area contributed by atoms with Crippen LogP contribution in [-0.4, -0.2) is 67.9 Å². The number of carbonyl (C=O) groups excluding carboxylic acids is 1. The van der Waals surface area contributed by atoms with E-state index in [2.05, 4.69) is 21.5 Å². The van der Waals surface area contributed by atoms with Crippen molar-refractivity contribution in [2.24, 2.45) is 4.99 Å². The van der Waals surface area contributed by atoms with E-state index < -0.39 is 17.8 Å². The molecule has 1 aromatic heterocycles. The van der Waals surface area contributed by atoms with Gasteiger partial charge in [0.15, 0.2) is 5.82 Å². The molecular formula is C26H27ClFN3O4. The number of hydrogen-bond donors (Lipinski definition) is 1. The summed E-state index contributed by atoms with van der Waals surface area (Å²) in [5.41, 5.74) is 1.54. The predicted molar refractivity (Wildman–Crippen MR) is 136 cm³/mol. The fourth-order valence-electron chi connectivity index (χ4n) is 4.70. The Morgan fingerprint density at radius 1 is 1.31 bits per heavy atom. The number of phenolic OH excluding ortho intramolecular Hbond substituents is 1. The smallest absolute Gasteiger partial charge is 0.341 e. The van der Waals surface area contributed by atoms with Crippen molar-refractivity contribution >= 4 is 46.0 Å². The number of esters is 1. The minimum absolute atomic E-state index is 0.0637. The summed E-state index contributed by atoms with van der Waals surface area (Å²) >= 11 is 6.10. The summed E-state index contributed by atoms with van der Waals surface area (Å²) in [7, 11) is 3.31. The fraction of sp³-hybridized carbons (Fsp3) is 0.308. The maximum atomic E-state index is 15.3. The molecule has 1 aliphatic rings. The van der Waals surface area contributed by atoms with E-state index >= 15 is 4.39 Å². The number of halogens is 2. The molecule has 0 radical (unpaired) electrons. The average molecular weight is 500 g/mol. The lowest BCUT2D eigenvalue weighted by atomic mass is 9.88. The Kier molecular flexibility index (Phi) is 7.25. The van der Waals surface area contributed by atoms with Crippen molar-refractivity contribution < 1.29 is 23.4 Å². The third-order valence-corrected chi connectivity index (χ3v) is 6.79. The highest BCUT2D eigenvalue weighted by atomic mass is 35.5. The van der Waals surface area contributed by atoms with Crippen LogP contribution in [0.15, 0.2) is 51.7 Å². The summed E-state index contributed by atoms with van der Waals surface area (Å²) in [5.74, 6) is -1.69. The van der Waals surface area contributed by atoms with Crippen molar-refractivity contribution in [3.05, 3.63) is 64.3 Å². The van der Waals surface area contributed by atoms with E-state index in [1.807, 2.05) is 20.0 Å². The molecular weight excluding hydrogens is 473 g/mol. The molecule has 4 rings (SSSR count). The van der Waals surface area contributed by atoms with E-state index in [1.165, 1.54) is 19.4 Å². The Hall–Kier alpha value is -3.20. The number of methoxy groups -OCH3 is 1. The van der Waals surface area contributed by atoms with Gasteiger partial charge in [-0.15, -0.1) is 0 Å². The highest BCUT2D eigenvalue weighted by Gasteiger charge is 2.34. The summed E-state index contributed by atoms with van der Waals surface area (Å²) in [6, 6.07) is 2.42. The molecule has 1 aliphatic heterocycles. The van der Waals surface area contributed by atoms with Crippen LogP contribution >= 0.6 is 11.6 Å². The standard InChI is InChI=1S/C26H27ClFN3O4/c1-5-15(8-9-29-2)23(31-12-10-30(3)11-13-31)21-19-17(26(33)34-4)14-35-25(19)16-6-7-18(27)22(28)20(16)24(21)32/h5-9,14,23,32H,2,10-13H2,1,3-4H3/b9-8-,15-5+. The van der Waals surface area contributed by atoms with Gasteiger partial charge in [-0.25, -0.2) is 9.18 Å². The molecule has 1 saturated heterocycles. The summed E-state index contributed by atoms with van der Waals surface area (Å²) in [4.78, 5) is 21.0. The van der Waals surface area contributed by atoms with E-state index in [9.17, 15) is 9.90 Å². The lowest BCUT2D eigenvalue weighted by Crippen LogP contribution is -2.46. The third-order valence-electron chi connectivity index (χ3n) is 6.49. The Morgan fingerprint density at radius 2 is 2.03 bits per heavy atom. The monoisotopic (exact) mass is 499 g/mol. The zero-order chi connectivity index (χ0) is 25.3. The number of rotatable bonds is 6. The van der Waals surface area contributed by atoms with E-state index in [0.29, 0.717) is 29.4 Å². The molecule has 1 fully saturated rings. The number of allylic oxidation sites excluding steroid dienone is 1. The van der Waals surface area contributed by atoms with Crippen LogP contribution in [0.4, 0.5) is 4.39 Å². The van der Waals surface area contributed by atoms with Gasteiger partial charge in [-0.1, -0.05) is 17.7 Å². The molecule has 2 aromatic carbocycles. The summed E-state index contributed by atoms with van der Waals surface area (Å²) < 4.78 is 26.1. The average Bonchev–Trinajstić information content (AvgIpc) is 3.30. The normalized spacial score (nSPS) is 16.9. The number of nitrogens with zero attached hydrogens (tertiary/aromatic N) is 3. The number of aliphatic imine (C=N–C) groups is 1. The lowest BCUT2D eigenvalue weighted by molar-refractivity contribution is 0.0601. The van der Waals surface area contributed by atoms with Gasteiger partial charge in [-0.2, -0.15) is 0 Å². The zero-order valence-electron chi connectivity index (χ0n) is 19.8. The fourth-order valence-corrected chi connectivity index (χ4v) is 4.86. The summed E-state index contributed by atoms with van der Waals surface area (Å²) in [5, 5.41) is 12.1. The second kappa shape index (κ2) is 10.2. The van der Waals surface area contributed by atoms with Crippen molar-refractivity contribution in [2.45, 2.75) is 13.0 Å². The minimum Gasteiger partial charge on any atom is -0.507 e. The number of fused-ring (bicyclic) bond motifs is 3. The minimum atomic E-state index is -0.761. The van der Waals surface area contributed by atoms with Crippen molar-refractivity contribution in [3.8, 4) is 5.75 Å². The molecule has 9 heteroatoms. The van der Waals surface area contributed by atoms with E-state index in [0.717, 1.165) is 18.7 Å². The van der Waals surface area contributed by atoms with Crippen molar-refractivity contribution in [2.75, 3.05) is 40.3 Å². The zero-order valence-corrected chi connectivity index (χ0v) is 20.6. The number of hydrogen-bond acceptors (Lipinski definition) is 7. The quantitative estimate of drug-likeness (QED) is 0.281. The van der Waals surface area contributed by atoms with Gasteiger partial charge in [-0.05, 0) is 44.5 Å². The van der Waals surface area contributed by atoms with Gasteiger partial charge < -0.3 is 19.2 Å². The van der Waals surface area contributed by atoms with Gasteiger partial charge in [-0.3, -0.25) is 9.89 Å². The molecule has 0 saturated carbocycles. The van der Waals surface area contributed by atoms with Crippen LogP contribution in [0.25, 0.3) is 21.7 Å². The van der Waals surface area contributed by atoms with Gasteiger partial charge in [0.25, 0.3) is 0 Å². The van der Waals surface area contributed by atoms with Gasteiger partial charge >= 0.3 is 5.97 Å². The number of likely N-dealkylation sites (N-methyl/N-ethyl adjacent to an activating group) is 1. The van der Waals surface area contributed by atoms with Crippen molar-refractivity contribution in [1.82, 2.24) is 9.80 Å². The molecule has 7 nitrogen and oxygen atoms in total. The first kappa shape index (κ1) is 24.9. The molecule has 0 amide bonds. The van der Waals surface area contributed by atoms with Gasteiger partial charge in [0.05, 0.1) is 23.6 Å². The molecule has 1 N–H and O–H groups in total. The predicted octanol–water partition coefficient (Wildman–Crippen LogP) is 5.32. The number of ether oxygens (including phenoxy) is 1. The third kappa shape index (κ3) is 4.33. The van der Waals surface area contributed by atoms with Crippen LogP contribution in [0.1, 0.15) is 28.9 Å². The van der Waals surface area contributed by atoms with E-state index in [4.69, 9.17) is 20.8 Å². The number of aromatic hydroxyl groups is 1. The van der Waals surface area contributed by atoms with Crippen molar-refractivity contribution in [3.63, 3.8) is 0 Å². The molecule has 1 unspecified atom stereocenters. The second-order valence-electron chi connectivity index (χ2n) is 8.42. The number of furan rings is 1. The topological polar surface area (TPSA) is 78.5 Å². The Balaban J connectivity index is 2.14. The maximum Gasteiger partial charge on any atom is 0.341 e. The van der Waals surface area contributed by atoms with Crippen LogP contribution in [0, 0.1) is 5.82 Å². The van der Waals surface area contributed by atoms with Crippen LogP contribution in [0.3, 0.4) is 0 Å². The lowest BCUT2D eigenvalue weighted by Gasteiger charge is -2.39. The molecule has 3 aromatic rings.